The number of carbonyl (C=O) groups excluding carboxylic acids is 1. The maximum Gasteiger partial charge on any atom is 0.217 e. The Kier molecular flexibility index (Phi) is 2.32. The van der Waals surface area contributed by atoms with E-state index in [1.807, 2.05) is 6.92 Å². The van der Waals surface area contributed by atoms with Gasteiger partial charge in [-0.2, -0.15) is 0 Å². The van der Waals surface area contributed by atoms with Crippen molar-refractivity contribution in [2.75, 3.05) is 0 Å². The lowest BCUT2D eigenvalue weighted by Crippen LogP contribution is -2.12. The normalized spacial score (nSPS) is 24.2. The summed E-state index contributed by atoms with van der Waals surface area (Å²) in [6.07, 6.45) is 1.58. The highest BCUT2D eigenvalue weighted by molar-refractivity contribution is 5.92. The number of aromatic nitrogens is 3. The molecule has 1 unspecified atom stereocenters. The largest absolute Gasteiger partial charge is 0.291 e. The van der Waals surface area contributed by atoms with E-state index in [2.05, 4.69) is 10.1 Å². The molecule has 0 aromatic carbocycles. The van der Waals surface area contributed by atoms with Crippen LogP contribution >= 0.6 is 0 Å². The second-order valence-electron chi connectivity index (χ2n) is 4.10. The lowest BCUT2D eigenvalue weighted by molar-refractivity contribution is 0.0970. The molecular formula is C10H14FN3O. The Balaban J connectivity index is 2.29. The third-order valence-electron chi connectivity index (χ3n) is 2.66. The van der Waals surface area contributed by atoms with E-state index < -0.39 is 5.67 Å². The minimum atomic E-state index is -1.43. The van der Waals surface area contributed by atoms with Crippen LogP contribution in [-0.2, 0) is 12.2 Å². The smallest absolute Gasteiger partial charge is 0.217 e. The molecule has 0 bridgehead atoms. The van der Waals surface area contributed by atoms with Crippen molar-refractivity contribution in [1.82, 2.24) is 14.8 Å². The fraction of sp³-hybridized carbons (Fsp3) is 0.700. The third kappa shape index (κ3) is 1.66. The Labute approximate surface area is 87.5 Å². The highest BCUT2D eigenvalue weighted by Crippen LogP contribution is 2.33. The Morgan fingerprint density at radius 2 is 2.40 bits per heavy atom. The summed E-state index contributed by atoms with van der Waals surface area (Å²) in [5, 5.41) is 4.02. The van der Waals surface area contributed by atoms with Gasteiger partial charge in [-0.3, -0.25) is 4.79 Å². The molecule has 2 heterocycles. The number of aryl methyl sites for hydroxylation is 1. The Morgan fingerprint density at radius 3 is 3.00 bits per heavy atom. The van der Waals surface area contributed by atoms with Crippen LogP contribution < -0.4 is 0 Å². The second-order valence-corrected chi connectivity index (χ2v) is 4.10. The van der Waals surface area contributed by atoms with Gasteiger partial charge in [0.05, 0.1) is 0 Å². The minimum Gasteiger partial charge on any atom is -0.291 e. The van der Waals surface area contributed by atoms with E-state index in [4.69, 9.17) is 0 Å². The highest BCUT2D eigenvalue weighted by Gasteiger charge is 2.38. The number of hydrogen-bond donors (Lipinski definition) is 0. The summed E-state index contributed by atoms with van der Waals surface area (Å²) >= 11 is 0. The van der Waals surface area contributed by atoms with E-state index in [9.17, 15) is 9.18 Å². The zero-order valence-corrected chi connectivity index (χ0v) is 8.96. The molecule has 0 radical (unpaired) electrons. The first-order valence-electron chi connectivity index (χ1n) is 5.22. The van der Waals surface area contributed by atoms with E-state index in [1.165, 1.54) is 11.6 Å². The van der Waals surface area contributed by atoms with Crippen molar-refractivity contribution >= 4 is 5.78 Å². The van der Waals surface area contributed by atoms with Crippen LogP contribution in [0.25, 0.3) is 0 Å². The van der Waals surface area contributed by atoms with Gasteiger partial charge in [0.2, 0.25) is 11.6 Å². The highest BCUT2D eigenvalue weighted by atomic mass is 19.1. The van der Waals surface area contributed by atoms with Gasteiger partial charge >= 0.3 is 0 Å². The number of Topliss-reactive ketones (excluding diaryl/α,β-unsaturated/α-hetero) is 1. The first kappa shape index (κ1) is 10.3. The molecule has 0 amide bonds. The SMILES string of the molecule is CCCC(=O)c1nc2n(n1)CCC2(C)F. The van der Waals surface area contributed by atoms with Gasteiger partial charge in [0.15, 0.2) is 11.5 Å². The van der Waals surface area contributed by atoms with Crippen molar-refractivity contribution in [2.45, 2.75) is 45.3 Å². The summed E-state index contributed by atoms with van der Waals surface area (Å²) in [5.74, 6) is 0.354. The number of nitrogens with zero attached hydrogens (tertiary/aromatic N) is 3. The van der Waals surface area contributed by atoms with Gasteiger partial charge in [0.1, 0.15) is 0 Å². The molecule has 1 aliphatic rings. The number of hydrogen-bond acceptors (Lipinski definition) is 3. The summed E-state index contributed by atoms with van der Waals surface area (Å²) in [5.41, 5.74) is -1.43. The fourth-order valence-corrected chi connectivity index (χ4v) is 1.77. The first-order valence-corrected chi connectivity index (χ1v) is 5.22. The number of rotatable bonds is 3. The van der Waals surface area contributed by atoms with E-state index in [1.54, 1.807) is 0 Å². The van der Waals surface area contributed by atoms with Gasteiger partial charge in [0.25, 0.3) is 0 Å². The van der Waals surface area contributed by atoms with Crippen LogP contribution in [0, 0.1) is 0 Å². The lowest BCUT2D eigenvalue weighted by Gasteiger charge is -2.08. The van der Waals surface area contributed by atoms with Crippen LogP contribution in [0.3, 0.4) is 0 Å². The van der Waals surface area contributed by atoms with Crippen LogP contribution in [0.2, 0.25) is 0 Å². The second kappa shape index (κ2) is 3.40. The molecule has 2 rings (SSSR count). The van der Waals surface area contributed by atoms with Crippen molar-refractivity contribution in [3.63, 3.8) is 0 Å². The molecule has 5 heteroatoms. The van der Waals surface area contributed by atoms with Crippen LogP contribution in [-0.4, -0.2) is 20.5 Å². The first-order chi connectivity index (χ1) is 7.04. The van der Waals surface area contributed by atoms with Gasteiger partial charge in [-0.25, -0.2) is 14.1 Å². The van der Waals surface area contributed by atoms with Crippen molar-refractivity contribution in [3.05, 3.63) is 11.6 Å². The van der Waals surface area contributed by atoms with Crippen molar-refractivity contribution < 1.29 is 9.18 Å². The fourth-order valence-electron chi connectivity index (χ4n) is 1.77. The molecule has 0 aliphatic carbocycles. The zero-order chi connectivity index (χ0) is 11.1. The molecule has 0 fully saturated rings. The quantitative estimate of drug-likeness (QED) is 0.717. The summed E-state index contributed by atoms with van der Waals surface area (Å²) < 4.78 is 15.3. The van der Waals surface area contributed by atoms with Crippen molar-refractivity contribution in [2.24, 2.45) is 0 Å². The predicted octanol–water partition coefficient (Wildman–Crippen LogP) is 1.85. The molecule has 82 valence electrons. The van der Waals surface area contributed by atoms with E-state index >= 15 is 0 Å². The Bertz CT molecular complexity index is 397. The van der Waals surface area contributed by atoms with Crippen molar-refractivity contribution in [3.8, 4) is 0 Å². The topological polar surface area (TPSA) is 47.8 Å². The molecule has 0 saturated carbocycles. The molecule has 0 saturated heterocycles. The average molecular weight is 211 g/mol. The summed E-state index contributed by atoms with van der Waals surface area (Å²) in [6.45, 7) is 3.91. The standard InChI is InChI=1S/C10H14FN3O/c1-3-4-7(15)8-12-9-10(2,11)5-6-14(9)13-8/h3-6H2,1-2H3. The zero-order valence-electron chi connectivity index (χ0n) is 8.96. The van der Waals surface area contributed by atoms with Gasteiger partial charge in [-0.15, -0.1) is 5.10 Å². The lowest BCUT2D eigenvalue weighted by atomic mass is 10.1. The monoisotopic (exact) mass is 211 g/mol. The molecular weight excluding hydrogens is 197 g/mol. The number of halogens is 1. The number of fused-ring (bicyclic) bond motifs is 1. The molecule has 0 N–H and O–H groups in total. The molecule has 1 aromatic rings. The molecule has 15 heavy (non-hydrogen) atoms. The molecule has 1 aliphatic heterocycles. The maximum absolute atomic E-state index is 13.8. The van der Waals surface area contributed by atoms with Gasteiger partial charge in [-0.1, -0.05) is 6.92 Å². The van der Waals surface area contributed by atoms with E-state index in [0.717, 1.165) is 6.42 Å². The van der Waals surface area contributed by atoms with Gasteiger partial charge in [0, 0.05) is 19.4 Å². The predicted molar refractivity (Wildman–Crippen MR) is 52.3 cm³/mol. The Morgan fingerprint density at radius 1 is 1.67 bits per heavy atom. The van der Waals surface area contributed by atoms with Gasteiger partial charge in [-0.05, 0) is 13.3 Å². The van der Waals surface area contributed by atoms with Gasteiger partial charge < -0.3 is 0 Å². The average Bonchev–Trinajstić information content (AvgIpc) is 2.68. The third-order valence-corrected chi connectivity index (χ3v) is 2.66. The Hall–Kier alpha value is -1.26. The minimum absolute atomic E-state index is 0.102. The maximum atomic E-state index is 13.8. The van der Waals surface area contributed by atoms with Crippen LogP contribution in [0.4, 0.5) is 4.39 Å². The summed E-state index contributed by atoms with van der Waals surface area (Å²) in [6, 6.07) is 0. The van der Waals surface area contributed by atoms with Crippen molar-refractivity contribution in [1.29, 1.82) is 0 Å². The number of alkyl halides is 1. The van der Waals surface area contributed by atoms with E-state index in [0.29, 0.717) is 25.2 Å². The number of ketones is 1. The van der Waals surface area contributed by atoms with Crippen LogP contribution in [0.1, 0.15) is 49.6 Å². The summed E-state index contributed by atoms with van der Waals surface area (Å²) in [4.78, 5) is 15.5. The summed E-state index contributed by atoms with van der Waals surface area (Å²) in [7, 11) is 0. The molecule has 4 nitrogen and oxygen atoms in total. The van der Waals surface area contributed by atoms with Crippen LogP contribution in [0.5, 0.6) is 0 Å². The van der Waals surface area contributed by atoms with E-state index in [-0.39, 0.29) is 11.6 Å². The number of carbonyl (C=O) groups is 1. The molecule has 1 atom stereocenters. The molecule has 0 spiro atoms. The molecule has 1 aromatic heterocycles. The van der Waals surface area contributed by atoms with Crippen LogP contribution in [0.15, 0.2) is 0 Å².